The fourth-order valence-electron chi connectivity index (χ4n) is 1.87. The molecule has 2 rings (SSSR count). The molecular weight excluding hydrogens is 192 g/mol. The summed E-state index contributed by atoms with van der Waals surface area (Å²) in [6.45, 7) is 0.817. The van der Waals surface area contributed by atoms with E-state index in [4.69, 9.17) is 5.41 Å². The van der Waals surface area contributed by atoms with Crippen molar-refractivity contribution in [2.24, 2.45) is 0 Å². The van der Waals surface area contributed by atoms with Crippen molar-refractivity contribution in [2.45, 2.75) is 44.7 Å². The molecule has 0 radical (unpaired) electrons. The van der Waals surface area contributed by atoms with Gasteiger partial charge in [0, 0.05) is 19.0 Å². The van der Waals surface area contributed by atoms with Crippen LogP contribution in [0.4, 0.5) is 0 Å². The van der Waals surface area contributed by atoms with Gasteiger partial charge in [-0.2, -0.15) is 0 Å². The fraction of sp³-hybridized carbons (Fsp3) is 0.778. The molecule has 0 aliphatic carbocycles. The van der Waals surface area contributed by atoms with Crippen molar-refractivity contribution in [3.63, 3.8) is 0 Å². The Kier molecular flexibility index (Phi) is 3.26. The van der Waals surface area contributed by atoms with Crippen LogP contribution in [-0.2, 0) is 6.54 Å². The predicted molar refractivity (Wildman–Crippen MR) is 55.6 cm³/mol. The predicted octanol–water partition coefficient (Wildman–Crippen LogP) is 0.573. The van der Waals surface area contributed by atoms with Crippen LogP contribution >= 0.6 is 0 Å². The van der Waals surface area contributed by atoms with Crippen LogP contribution in [0.25, 0.3) is 0 Å². The maximum absolute atomic E-state index is 7.65. The van der Waals surface area contributed by atoms with E-state index in [1.807, 2.05) is 0 Å². The van der Waals surface area contributed by atoms with E-state index in [2.05, 4.69) is 20.8 Å². The van der Waals surface area contributed by atoms with Crippen LogP contribution in [-0.4, -0.2) is 32.1 Å². The highest BCUT2D eigenvalue weighted by Crippen LogP contribution is 2.12. The highest BCUT2D eigenvalue weighted by molar-refractivity contribution is 5.79. The minimum atomic E-state index is 0.407. The third-order valence-corrected chi connectivity index (χ3v) is 2.71. The van der Waals surface area contributed by atoms with Gasteiger partial charge in [0.1, 0.15) is 6.33 Å². The summed E-state index contributed by atoms with van der Waals surface area (Å²) in [5.74, 6) is 0.675. The molecule has 1 aromatic heterocycles. The van der Waals surface area contributed by atoms with Crippen molar-refractivity contribution in [3.8, 4) is 0 Å². The van der Waals surface area contributed by atoms with Gasteiger partial charge >= 0.3 is 0 Å². The lowest BCUT2D eigenvalue weighted by Crippen LogP contribution is -2.33. The smallest absolute Gasteiger partial charge is 0.138 e. The fourth-order valence-corrected chi connectivity index (χ4v) is 1.87. The molecule has 0 bridgehead atoms. The highest BCUT2D eigenvalue weighted by Gasteiger charge is 2.14. The molecule has 1 atom stereocenters. The minimum Gasteiger partial charge on any atom is -0.371 e. The van der Waals surface area contributed by atoms with Crippen LogP contribution < -0.4 is 5.32 Å². The third kappa shape index (κ3) is 3.00. The van der Waals surface area contributed by atoms with Crippen LogP contribution in [0.15, 0.2) is 6.33 Å². The molecule has 1 aliphatic heterocycles. The molecule has 1 saturated heterocycles. The van der Waals surface area contributed by atoms with Crippen LogP contribution in [0, 0.1) is 5.41 Å². The lowest BCUT2D eigenvalue weighted by atomic mass is 10.1. The topological polar surface area (TPSA) is 79.5 Å². The summed E-state index contributed by atoms with van der Waals surface area (Å²) in [6, 6.07) is 0.407. The summed E-state index contributed by atoms with van der Waals surface area (Å²) < 4.78 is 1.73. The zero-order valence-corrected chi connectivity index (χ0v) is 8.69. The third-order valence-electron chi connectivity index (χ3n) is 2.71. The normalized spacial score (nSPS) is 22.1. The molecule has 1 aromatic rings. The summed E-state index contributed by atoms with van der Waals surface area (Å²) in [5.41, 5.74) is 0. The van der Waals surface area contributed by atoms with Crippen LogP contribution in [0.1, 0.15) is 32.1 Å². The molecule has 1 unspecified atom stereocenters. The van der Waals surface area contributed by atoms with Gasteiger partial charge in [0.2, 0.25) is 0 Å². The first kappa shape index (κ1) is 10.1. The zero-order chi connectivity index (χ0) is 10.5. The Balaban J connectivity index is 1.80. The van der Waals surface area contributed by atoms with Gasteiger partial charge < -0.3 is 5.32 Å². The number of aryl methyl sites for hydroxylation is 1. The van der Waals surface area contributed by atoms with Gasteiger partial charge in [-0.3, -0.25) is 5.41 Å². The molecule has 0 amide bonds. The van der Waals surface area contributed by atoms with Crippen molar-refractivity contribution >= 4 is 5.84 Å². The van der Waals surface area contributed by atoms with Crippen molar-refractivity contribution in [1.29, 1.82) is 5.41 Å². The van der Waals surface area contributed by atoms with E-state index >= 15 is 0 Å². The molecule has 0 spiro atoms. The molecular formula is C9H16N6. The first-order chi connectivity index (χ1) is 7.34. The first-order valence-electron chi connectivity index (χ1n) is 5.39. The maximum Gasteiger partial charge on any atom is 0.138 e. The zero-order valence-electron chi connectivity index (χ0n) is 8.69. The maximum atomic E-state index is 7.65. The molecule has 0 saturated carbocycles. The van der Waals surface area contributed by atoms with E-state index in [1.54, 1.807) is 11.0 Å². The Morgan fingerprint density at radius 1 is 1.53 bits per heavy atom. The van der Waals surface area contributed by atoms with E-state index in [9.17, 15) is 0 Å². The molecule has 6 nitrogen and oxygen atoms in total. The summed E-state index contributed by atoms with van der Waals surface area (Å²) in [7, 11) is 0. The van der Waals surface area contributed by atoms with E-state index in [0.29, 0.717) is 11.9 Å². The van der Waals surface area contributed by atoms with E-state index in [-0.39, 0.29) is 0 Å². The monoisotopic (exact) mass is 208 g/mol. The lowest BCUT2D eigenvalue weighted by Gasteiger charge is -2.16. The van der Waals surface area contributed by atoms with Gasteiger partial charge in [-0.15, -0.1) is 5.10 Å². The number of hydrogen-bond donors (Lipinski definition) is 2. The number of aromatic nitrogens is 4. The van der Waals surface area contributed by atoms with Crippen molar-refractivity contribution < 1.29 is 0 Å². The van der Waals surface area contributed by atoms with E-state index < -0.39 is 0 Å². The second kappa shape index (κ2) is 4.86. The number of amidine groups is 1. The number of nitrogens with zero attached hydrogens (tertiary/aromatic N) is 4. The van der Waals surface area contributed by atoms with Gasteiger partial charge in [-0.05, 0) is 29.7 Å². The van der Waals surface area contributed by atoms with Crippen molar-refractivity contribution in [3.05, 3.63) is 6.33 Å². The molecule has 2 heterocycles. The van der Waals surface area contributed by atoms with Gasteiger partial charge in [0.15, 0.2) is 0 Å². The molecule has 0 aromatic carbocycles. The van der Waals surface area contributed by atoms with Gasteiger partial charge in [-0.1, -0.05) is 6.42 Å². The second-order valence-electron chi connectivity index (χ2n) is 3.93. The standard InChI is InChI=1S/C9H16N6/c10-9-4-2-1-3-8(12-9)5-6-15-7-11-13-14-15/h7-8H,1-6H2,(H2,10,12). The number of tetrazole rings is 1. The Morgan fingerprint density at radius 2 is 2.47 bits per heavy atom. The molecule has 1 fully saturated rings. The minimum absolute atomic E-state index is 0.407. The Morgan fingerprint density at radius 3 is 3.27 bits per heavy atom. The van der Waals surface area contributed by atoms with Crippen LogP contribution in [0.2, 0.25) is 0 Å². The van der Waals surface area contributed by atoms with Crippen molar-refractivity contribution in [1.82, 2.24) is 25.5 Å². The average Bonchev–Trinajstić information content (AvgIpc) is 2.65. The van der Waals surface area contributed by atoms with Crippen LogP contribution in [0.3, 0.4) is 0 Å². The molecule has 82 valence electrons. The van der Waals surface area contributed by atoms with E-state index in [1.165, 1.54) is 6.42 Å². The molecule has 2 N–H and O–H groups in total. The van der Waals surface area contributed by atoms with Crippen LogP contribution in [0.5, 0.6) is 0 Å². The quantitative estimate of drug-likeness (QED) is 0.761. The van der Waals surface area contributed by atoms with Gasteiger partial charge in [0.05, 0.1) is 5.84 Å². The highest BCUT2D eigenvalue weighted by atomic mass is 15.5. The molecule has 15 heavy (non-hydrogen) atoms. The average molecular weight is 208 g/mol. The number of nitrogens with one attached hydrogen (secondary N) is 2. The Bertz CT molecular complexity index is 306. The lowest BCUT2D eigenvalue weighted by molar-refractivity contribution is 0.452. The summed E-state index contributed by atoms with van der Waals surface area (Å²) in [6.07, 6.45) is 6.98. The summed E-state index contributed by atoms with van der Waals surface area (Å²) in [4.78, 5) is 0. The molecule has 1 aliphatic rings. The molecule has 6 heteroatoms. The number of rotatable bonds is 3. The number of hydrogen-bond acceptors (Lipinski definition) is 4. The summed E-state index contributed by atoms with van der Waals surface area (Å²) in [5, 5.41) is 21.9. The Labute approximate surface area is 88.6 Å². The van der Waals surface area contributed by atoms with Gasteiger partial charge in [-0.25, -0.2) is 4.68 Å². The van der Waals surface area contributed by atoms with Crippen molar-refractivity contribution in [2.75, 3.05) is 0 Å². The Hall–Kier alpha value is -1.46. The largest absolute Gasteiger partial charge is 0.371 e. The summed E-state index contributed by atoms with van der Waals surface area (Å²) >= 11 is 0. The van der Waals surface area contributed by atoms with Gasteiger partial charge in [0.25, 0.3) is 0 Å². The SMILES string of the molecule is N=C1CCCCC(CCn2cnnn2)N1. The van der Waals surface area contributed by atoms with E-state index in [0.717, 1.165) is 32.2 Å². The first-order valence-corrected chi connectivity index (χ1v) is 5.39. The second-order valence-corrected chi connectivity index (χ2v) is 3.93.